The number of rotatable bonds is 7. The van der Waals surface area contributed by atoms with Gasteiger partial charge in [0, 0.05) is 13.0 Å². The van der Waals surface area contributed by atoms with Gasteiger partial charge < -0.3 is 9.47 Å². The molecule has 0 saturated carbocycles. The zero-order valence-corrected chi connectivity index (χ0v) is 12.3. The number of alkyl halides is 11. The van der Waals surface area contributed by atoms with Crippen LogP contribution in [0.4, 0.5) is 48.3 Å². The van der Waals surface area contributed by atoms with Crippen LogP contribution in [0.25, 0.3) is 0 Å². The van der Waals surface area contributed by atoms with E-state index in [0.717, 1.165) is 0 Å². The highest BCUT2D eigenvalue weighted by molar-refractivity contribution is 5.06. The highest BCUT2D eigenvalue weighted by Gasteiger charge is 2.86. The van der Waals surface area contributed by atoms with Crippen molar-refractivity contribution in [2.24, 2.45) is 0 Å². The smallest absolute Gasteiger partial charge is 0.353 e. The second-order valence-corrected chi connectivity index (χ2v) is 5.34. The third-order valence-corrected chi connectivity index (χ3v) is 3.46. The van der Waals surface area contributed by atoms with E-state index in [4.69, 9.17) is 4.74 Å². The monoisotopic (exact) mass is 398 g/mol. The molecule has 0 N–H and O–H groups in total. The predicted molar refractivity (Wildman–Crippen MR) is 60.0 cm³/mol. The second kappa shape index (κ2) is 7.05. The molecule has 13 heteroatoms. The van der Waals surface area contributed by atoms with Crippen molar-refractivity contribution in [3.05, 3.63) is 0 Å². The van der Waals surface area contributed by atoms with Crippen molar-refractivity contribution in [1.82, 2.24) is 0 Å². The summed E-state index contributed by atoms with van der Waals surface area (Å²) in [6, 6.07) is 0. The second-order valence-electron chi connectivity index (χ2n) is 5.34. The molecule has 0 amide bonds. The molecule has 1 saturated heterocycles. The fourth-order valence-corrected chi connectivity index (χ4v) is 1.92. The molecule has 0 radical (unpaired) electrons. The molecule has 25 heavy (non-hydrogen) atoms. The fraction of sp³-hybridized carbons (Fsp3) is 1.00. The van der Waals surface area contributed by atoms with Crippen LogP contribution >= 0.6 is 0 Å². The topological polar surface area (TPSA) is 18.5 Å². The Hall–Kier alpha value is -0.850. The van der Waals surface area contributed by atoms with Gasteiger partial charge in [-0.05, 0) is 19.3 Å². The molecule has 2 nitrogen and oxygen atoms in total. The van der Waals surface area contributed by atoms with E-state index in [1.54, 1.807) is 0 Å². The van der Waals surface area contributed by atoms with Crippen molar-refractivity contribution in [3.63, 3.8) is 0 Å². The lowest BCUT2D eigenvalue weighted by Gasteiger charge is -2.37. The first-order valence-corrected chi connectivity index (χ1v) is 6.89. The zero-order valence-electron chi connectivity index (χ0n) is 12.3. The molecule has 1 aliphatic heterocycles. The summed E-state index contributed by atoms with van der Waals surface area (Å²) in [4.78, 5) is 0. The third kappa shape index (κ3) is 4.12. The Morgan fingerprint density at radius 1 is 0.760 bits per heavy atom. The van der Waals surface area contributed by atoms with Crippen molar-refractivity contribution >= 4 is 0 Å². The lowest BCUT2D eigenvalue weighted by Crippen LogP contribution is -2.66. The molecule has 150 valence electrons. The van der Waals surface area contributed by atoms with Gasteiger partial charge in [0.1, 0.15) is 0 Å². The number of halogens is 11. The van der Waals surface area contributed by atoms with Crippen LogP contribution in [-0.4, -0.2) is 49.4 Å². The van der Waals surface area contributed by atoms with Gasteiger partial charge in [-0.15, -0.1) is 0 Å². The van der Waals surface area contributed by atoms with Crippen LogP contribution in [0.3, 0.4) is 0 Å². The van der Waals surface area contributed by atoms with Crippen LogP contribution in [0.2, 0.25) is 0 Å². The summed E-state index contributed by atoms with van der Waals surface area (Å²) in [6.07, 6.45) is -9.06. The van der Waals surface area contributed by atoms with Crippen LogP contribution in [0, 0.1) is 0 Å². The summed E-state index contributed by atoms with van der Waals surface area (Å²) in [6.45, 7) is -1.13. The standard InChI is InChI=1S/C12H13F11O2/c13-8(14,4-6-25-7-3-1-2-5-24-7)9(15,16)10(17,18)11(19,20)12(21,22)23/h7H,1-6H2. The minimum absolute atomic E-state index is 0.174. The number of hydrogen-bond acceptors (Lipinski definition) is 2. The highest BCUT2D eigenvalue weighted by Crippen LogP contribution is 2.57. The average Bonchev–Trinajstić information content (AvgIpc) is 2.46. The Morgan fingerprint density at radius 3 is 1.76 bits per heavy atom. The van der Waals surface area contributed by atoms with E-state index in [1.807, 2.05) is 0 Å². The normalized spacial score (nSPS) is 21.5. The van der Waals surface area contributed by atoms with Gasteiger partial charge in [0.15, 0.2) is 6.29 Å². The molecule has 1 aliphatic rings. The summed E-state index contributed by atoms with van der Waals surface area (Å²) in [5.74, 6) is -27.6. The maximum atomic E-state index is 13.3. The number of hydrogen-bond donors (Lipinski definition) is 0. The maximum Gasteiger partial charge on any atom is 0.460 e. The molecule has 1 unspecified atom stereocenters. The van der Waals surface area contributed by atoms with Crippen LogP contribution in [-0.2, 0) is 9.47 Å². The molecule has 0 aromatic heterocycles. The lowest BCUT2D eigenvalue weighted by molar-refractivity contribution is -0.423. The van der Waals surface area contributed by atoms with Crippen molar-refractivity contribution in [1.29, 1.82) is 0 Å². The van der Waals surface area contributed by atoms with Gasteiger partial charge in [-0.3, -0.25) is 0 Å². The predicted octanol–water partition coefficient (Wildman–Crippen LogP) is 5.02. The Bertz CT molecular complexity index is 441. The molecule has 0 aromatic carbocycles. The molecule has 1 atom stereocenters. The molecular weight excluding hydrogens is 385 g/mol. The Morgan fingerprint density at radius 2 is 1.32 bits per heavy atom. The number of ether oxygens (including phenoxy) is 2. The van der Waals surface area contributed by atoms with Crippen LogP contribution in [0.1, 0.15) is 25.7 Å². The zero-order chi connectivity index (χ0) is 19.7. The SMILES string of the molecule is FC(F)(F)C(F)(F)C(F)(F)C(F)(F)C(F)(F)CCOC1CCCCO1. The van der Waals surface area contributed by atoms with E-state index >= 15 is 0 Å². The minimum Gasteiger partial charge on any atom is -0.353 e. The molecular formula is C12H13F11O2. The molecule has 1 rings (SSSR count). The summed E-state index contributed by atoms with van der Waals surface area (Å²) < 4.78 is 149. The highest BCUT2D eigenvalue weighted by atomic mass is 19.4. The summed E-state index contributed by atoms with van der Waals surface area (Å²) in [5.41, 5.74) is 0. The largest absolute Gasteiger partial charge is 0.460 e. The van der Waals surface area contributed by atoms with E-state index < -0.39 is 49.2 Å². The first-order chi connectivity index (χ1) is 11.1. The summed E-state index contributed by atoms with van der Waals surface area (Å²) >= 11 is 0. The van der Waals surface area contributed by atoms with Gasteiger partial charge in [0.2, 0.25) is 0 Å². The van der Waals surface area contributed by atoms with Gasteiger partial charge in [-0.1, -0.05) is 0 Å². The lowest BCUT2D eigenvalue weighted by atomic mass is 9.96. The molecule has 0 bridgehead atoms. The first kappa shape index (κ1) is 22.2. The van der Waals surface area contributed by atoms with E-state index in [9.17, 15) is 48.3 Å². The van der Waals surface area contributed by atoms with Crippen LogP contribution in [0.15, 0.2) is 0 Å². The Labute approximate surface area is 134 Å². The average molecular weight is 398 g/mol. The maximum absolute atomic E-state index is 13.3. The van der Waals surface area contributed by atoms with Crippen LogP contribution < -0.4 is 0 Å². The van der Waals surface area contributed by atoms with Crippen molar-refractivity contribution in [3.8, 4) is 0 Å². The fourth-order valence-electron chi connectivity index (χ4n) is 1.92. The van der Waals surface area contributed by atoms with E-state index in [2.05, 4.69) is 4.74 Å². The van der Waals surface area contributed by atoms with Crippen molar-refractivity contribution < 1.29 is 57.8 Å². The molecule has 1 fully saturated rings. The van der Waals surface area contributed by atoms with Gasteiger partial charge in [0.25, 0.3) is 0 Å². The Kier molecular flexibility index (Phi) is 6.25. The molecule has 0 aromatic rings. The van der Waals surface area contributed by atoms with E-state index in [0.29, 0.717) is 12.8 Å². The molecule has 1 heterocycles. The van der Waals surface area contributed by atoms with E-state index in [-0.39, 0.29) is 13.0 Å². The minimum atomic E-state index is -7.37. The first-order valence-electron chi connectivity index (χ1n) is 6.89. The van der Waals surface area contributed by atoms with Crippen LogP contribution in [0.5, 0.6) is 0 Å². The van der Waals surface area contributed by atoms with E-state index in [1.165, 1.54) is 0 Å². The summed E-state index contributed by atoms with van der Waals surface area (Å²) in [7, 11) is 0. The van der Waals surface area contributed by atoms with Gasteiger partial charge in [-0.2, -0.15) is 48.3 Å². The van der Waals surface area contributed by atoms with Crippen molar-refractivity contribution in [2.45, 2.75) is 61.8 Å². The Balaban J connectivity index is 2.85. The molecule has 0 spiro atoms. The quantitative estimate of drug-likeness (QED) is 0.561. The van der Waals surface area contributed by atoms with Gasteiger partial charge in [-0.25, -0.2) is 0 Å². The third-order valence-electron chi connectivity index (χ3n) is 3.46. The van der Waals surface area contributed by atoms with Gasteiger partial charge in [0.05, 0.1) is 6.61 Å². The summed E-state index contributed by atoms with van der Waals surface area (Å²) in [5, 5.41) is 0. The van der Waals surface area contributed by atoms with Crippen molar-refractivity contribution in [2.75, 3.05) is 13.2 Å². The molecule has 0 aliphatic carbocycles. The van der Waals surface area contributed by atoms with Gasteiger partial charge >= 0.3 is 29.9 Å².